The number of aromatic hydroxyl groups is 1. The van der Waals surface area contributed by atoms with Crippen LogP contribution in [0.2, 0.25) is 0 Å². The van der Waals surface area contributed by atoms with Crippen LogP contribution in [0, 0.1) is 5.92 Å². The average Bonchev–Trinajstić information content (AvgIpc) is 2.71. The molecule has 2 aromatic rings. The van der Waals surface area contributed by atoms with Crippen molar-refractivity contribution in [2.75, 3.05) is 24.7 Å². The van der Waals surface area contributed by atoms with E-state index < -0.39 is 10.9 Å². The van der Waals surface area contributed by atoms with Crippen molar-refractivity contribution < 1.29 is 9.90 Å². The highest BCUT2D eigenvalue weighted by Crippen LogP contribution is 2.33. The van der Waals surface area contributed by atoms with Crippen molar-refractivity contribution >= 4 is 23.0 Å². The summed E-state index contributed by atoms with van der Waals surface area (Å²) in [5.41, 5.74) is -0.451. The maximum absolute atomic E-state index is 12.2. The number of carbonyl (C=O) groups is 1. The monoisotopic (exact) mass is 399 g/mol. The molecule has 7 nitrogen and oxygen atoms in total. The number of nitrogens with zero attached hydrogens (tertiary/aromatic N) is 1. The predicted octanol–water partition coefficient (Wildman–Crippen LogP) is 3.20. The van der Waals surface area contributed by atoms with Gasteiger partial charge in [-0.1, -0.05) is 38.2 Å². The van der Waals surface area contributed by atoms with Crippen LogP contribution >= 0.6 is 0 Å². The molecule has 0 aromatic heterocycles. The van der Waals surface area contributed by atoms with Crippen molar-refractivity contribution in [1.29, 1.82) is 0 Å². The van der Waals surface area contributed by atoms with E-state index in [0.29, 0.717) is 5.92 Å². The fourth-order valence-corrected chi connectivity index (χ4v) is 4.07. The Labute approximate surface area is 170 Å². The van der Waals surface area contributed by atoms with Crippen molar-refractivity contribution in [2.24, 2.45) is 5.92 Å². The Morgan fingerprint density at radius 3 is 2.45 bits per heavy atom. The van der Waals surface area contributed by atoms with Crippen LogP contribution in [-0.4, -0.2) is 36.1 Å². The van der Waals surface area contributed by atoms with Crippen LogP contribution in [-0.2, 0) is 0 Å². The zero-order chi connectivity index (χ0) is 21.1. The lowest BCUT2D eigenvalue weighted by Gasteiger charge is -2.26. The molecule has 1 fully saturated rings. The van der Waals surface area contributed by atoms with E-state index in [4.69, 9.17) is 0 Å². The number of hydrogen-bond acceptors (Lipinski definition) is 6. The normalized spacial score (nSPS) is 15.8. The van der Waals surface area contributed by atoms with Crippen LogP contribution in [0.25, 0.3) is 0 Å². The van der Waals surface area contributed by atoms with E-state index in [0.717, 1.165) is 6.42 Å². The van der Waals surface area contributed by atoms with Crippen molar-refractivity contribution in [2.45, 2.75) is 51.5 Å². The highest BCUT2D eigenvalue weighted by atomic mass is 16.3. The van der Waals surface area contributed by atoms with Crippen LogP contribution in [0.15, 0.2) is 27.8 Å². The predicted molar refractivity (Wildman–Crippen MR) is 115 cm³/mol. The van der Waals surface area contributed by atoms with Crippen molar-refractivity contribution in [1.82, 2.24) is 4.90 Å². The molecule has 0 spiro atoms. The first kappa shape index (κ1) is 20.9. The zero-order valence-corrected chi connectivity index (χ0v) is 17.2. The Balaban J connectivity index is 1.75. The number of rotatable bonds is 7. The number of hydrogen-bond donors (Lipinski definition) is 3. The zero-order valence-electron chi connectivity index (χ0n) is 17.2. The molecule has 156 valence electrons. The molecule has 1 amide bonds. The summed E-state index contributed by atoms with van der Waals surface area (Å²) in [5.74, 6) is 0.0444. The third-order valence-electron chi connectivity index (χ3n) is 5.65. The van der Waals surface area contributed by atoms with Gasteiger partial charge in [0.25, 0.3) is 16.8 Å². The van der Waals surface area contributed by atoms with Crippen molar-refractivity contribution in [3.8, 4) is 5.75 Å². The molecule has 0 bridgehead atoms. The van der Waals surface area contributed by atoms with Crippen LogP contribution in [0.5, 0.6) is 5.75 Å². The van der Waals surface area contributed by atoms with Gasteiger partial charge in [-0.2, -0.15) is 0 Å². The van der Waals surface area contributed by atoms with Crippen molar-refractivity contribution in [3.63, 3.8) is 0 Å². The summed E-state index contributed by atoms with van der Waals surface area (Å²) in [6.07, 6.45) is 7.18. The number of para-hydroxylation sites is 1. The number of carbonyl (C=O) groups excluding carboxylic acids is 1. The topological polar surface area (TPSA) is 98.7 Å². The Bertz CT molecular complexity index is 954. The van der Waals surface area contributed by atoms with Crippen LogP contribution in [0.4, 0.5) is 17.1 Å². The number of anilines is 3. The average molecular weight is 399 g/mol. The maximum atomic E-state index is 12.2. The Morgan fingerprint density at radius 2 is 1.79 bits per heavy atom. The van der Waals surface area contributed by atoms with Gasteiger partial charge in [0, 0.05) is 20.1 Å². The van der Waals surface area contributed by atoms with Gasteiger partial charge in [-0.05, 0) is 31.4 Å². The molecule has 3 N–H and O–H groups in total. The Hall–Kier alpha value is -2.83. The van der Waals surface area contributed by atoms with Gasteiger partial charge in [-0.3, -0.25) is 14.4 Å². The fourth-order valence-electron chi connectivity index (χ4n) is 4.07. The second-order valence-corrected chi connectivity index (χ2v) is 8.22. The number of nitrogens with one attached hydrogen (secondary N) is 2. The molecule has 0 aliphatic heterocycles. The Morgan fingerprint density at radius 1 is 1.14 bits per heavy atom. The summed E-state index contributed by atoms with van der Waals surface area (Å²) >= 11 is 0. The van der Waals surface area contributed by atoms with Gasteiger partial charge >= 0.3 is 0 Å². The van der Waals surface area contributed by atoms with Crippen molar-refractivity contribution in [3.05, 3.63) is 44.2 Å². The highest BCUT2D eigenvalue weighted by molar-refractivity contribution is 5.99. The minimum Gasteiger partial charge on any atom is -0.505 e. The van der Waals surface area contributed by atoms with Crippen LogP contribution < -0.4 is 21.5 Å². The van der Waals surface area contributed by atoms with Gasteiger partial charge in [-0.25, -0.2) is 0 Å². The smallest absolute Gasteiger partial charge is 0.257 e. The van der Waals surface area contributed by atoms with Gasteiger partial charge in [-0.15, -0.1) is 0 Å². The lowest BCUT2D eigenvalue weighted by molar-refractivity contribution is 0.0824. The minimum atomic E-state index is -0.624. The lowest BCUT2D eigenvalue weighted by atomic mass is 9.85. The van der Waals surface area contributed by atoms with Gasteiger partial charge in [0.2, 0.25) is 0 Å². The van der Waals surface area contributed by atoms with Gasteiger partial charge in [0.1, 0.15) is 11.4 Å². The first-order valence-electron chi connectivity index (χ1n) is 10.2. The first-order chi connectivity index (χ1) is 13.8. The molecule has 3 rings (SSSR count). The molecule has 1 atom stereocenters. The van der Waals surface area contributed by atoms with E-state index in [1.807, 2.05) is 6.92 Å². The van der Waals surface area contributed by atoms with E-state index in [2.05, 4.69) is 10.6 Å². The van der Waals surface area contributed by atoms with E-state index in [-0.39, 0.29) is 40.3 Å². The van der Waals surface area contributed by atoms with Crippen LogP contribution in [0.1, 0.15) is 55.8 Å². The molecular weight excluding hydrogens is 370 g/mol. The quantitative estimate of drug-likeness (QED) is 0.488. The Kier molecular flexibility index (Phi) is 6.25. The first-order valence-corrected chi connectivity index (χ1v) is 10.2. The third kappa shape index (κ3) is 4.44. The maximum Gasteiger partial charge on any atom is 0.257 e. The van der Waals surface area contributed by atoms with Gasteiger partial charge in [0.05, 0.1) is 11.3 Å². The number of benzene rings is 1. The number of phenols is 1. The third-order valence-corrected chi connectivity index (χ3v) is 5.65. The van der Waals surface area contributed by atoms with E-state index in [1.165, 1.54) is 43.1 Å². The lowest BCUT2D eigenvalue weighted by Crippen LogP contribution is -2.39. The summed E-state index contributed by atoms with van der Waals surface area (Å²) in [6, 6.07) is 4.75. The van der Waals surface area contributed by atoms with E-state index in [1.54, 1.807) is 26.2 Å². The highest BCUT2D eigenvalue weighted by Gasteiger charge is 2.25. The van der Waals surface area contributed by atoms with E-state index >= 15 is 0 Å². The minimum absolute atomic E-state index is 0.0669. The largest absolute Gasteiger partial charge is 0.505 e. The fraction of sp³-hybridized carbons (Fsp3) is 0.500. The van der Waals surface area contributed by atoms with E-state index in [9.17, 15) is 19.5 Å². The second-order valence-electron chi connectivity index (χ2n) is 8.22. The summed E-state index contributed by atoms with van der Waals surface area (Å²) in [6.45, 7) is 2.02. The number of phenolic OH excluding ortho intramolecular Hbond substituents is 1. The summed E-state index contributed by atoms with van der Waals surface area (Å²) in [4.78, 5) is 37.8. The standard InChI is InChI=1S/C22H29N3O4/c1-13(12-14-8-5-4-6-9-14)23-17-18(21(28)20(17)27)24-16-11-7-10-15(19(16)26)22(29)25(2)3/h7,10-11,13-14,23-24,26H,4-6,8-9,12H2,1-3H3/t13-/m0/s1. The molecule has 2 aromatic carbocycles. The SMILES string of the molecule is C[C@@H](CC1CCCCC1)Nc1c(Nc2cccc(C(=O)N(C)C)c2O)c(=O)c1=O. The summed E-state index contributed by atoms with van der Waals surface area (Å²) in [5, 5.41) is 16.5. The summed E-state index contributed by atoms with van der Waals surface area (Å²) in [7, 11) is 3.18. The molecule has 1 aliphatic rings. The van der Waals surface area contributed by atoms with Gasteiger partial charge < -0.3 is 20.6 Å². The van der Waals surface area contributed by atoms with Crippen LogP contribution in [0.3, 0.4) is 0 Å². The molecule has 7 heteroatoms. The van der Waals surface area contributed by atoms with Gasteiger partial charge in [0.15, 0.2) is 5.75 Å². The molecule has 1 aliphatic carbocycles. The molecule has 0 heterocycles. The molecule has 0 unspecified atom stereocenters. The molecule has 0 saturated heterocycles. The second kappa shape index (κ2) is 8.68. The molecular formula is C22H29N3O4. The molecule has 0 radical (unpaired) electrons. The number of amides is 1. The molecule has 29 heavy (non-hydrogen) atoms. The molecule has 1 saturated carbocycles. The summed E-state index contributed by atoms with van der Waals surface area (Å²) < 4.78 is 0.